The van der Waals surface area contributed by atoms with E-state index in [9.17, 15) is 9.90 Å². The Balaban J connectivity index is 2.18. The van der Waals surface area contributed by atoms with Crippen molar-refractivity contribution in [2.24, 2.45) is 5.92 Å². The summed E-state index contributed by atoms with van der Waals surface area (Å²) in [5.41, 5.74) is 1.04. The van der Waals surface area contributed by atoms with Gasteiger partial charge >= 0.3 is 0 Å². The number of carbonyl (C=O) groups excluding carboxylic acids is 1. The molecule has 1 N–H and O–H groups in total. The third kappa shape index (κ3) is 1.65. The Morgan fingerprint density at radius 3 is 2.80 bits per heavy atom. The Labute approximate surface area is 120 Å². The van der Waals surface area contributed by atoms with Crippen molar-refractivity contribution < 1.29 is 14.6 Å². The molecule has 2 aliphatic carbocycles. The Bertz CT molecular complexity index is 561. The van der Waals surface area contributed by atoms with Crippen LogP contribution >= 0.6 is 0 Å². The van der Waals surface area contributed by atoms with Crippen molar-refractivity contribution in [2.75, 3.05) is 7.11 Å². The van der Waals surface area contributed by atoms with Gasteiger partial charge in [0.25, 0.3) is 0 Å². The summed E-state index contributed by atoms with van der Waals surface area (Å²) >= 11 is 0. The van der Waals surface area contributed by atoms with Crippen LogP contribution in [0.15, 0.2) is 18.2 Å². The molecule has 0 amide bonds. The second-order valence-corrected chi connectivity index (χ2v) is 6.44. The molecule has 3 rings (SSSR count). The summed E-state index contributed by atoms with van der Waals surface area (Å²) in [6.07, 6.45) is 2.87. The number of hydrogen-bond acceptors (Lipinski definition) is 3. The minimum Gasteiger partial charge on any atom is -0.497 e. The van der Waals surface area contributed by atoms with Gasteiger partial charge in [0.05, 0.1) is 24.0 Å². The molecule has 0 aliphatic heterocycles. The van der Waals surface area contributed by atoms with E-state index < -0.39 is 11.0 Å². The van der Waals surface area contributed by atoms with E-state index in [-0.39, 0.29) is 11.7 Å². The molecular weight excluding hydrogens is 252 g/mol. The number of hydrogen-bond donors (Lipinski definition) is 1. The molecule has 1 unspecified atom stereocenters. The lowest BCUT2D eigenvalue weighted by atomic mass is 9.53. The highest BCUT2D eigenvalue weighted by molar-refractivity contribution is 5.96. The minimum absolute atomic E-state index is 0.230. The number of carbonyl (C=O) groups is 1. The van der Waals surface area contributed by atoms with Gasteiger partial charge in [0.15, 0.2) is 0 Å². The summed E-state index contributed by atoms with van der Waals surface area (Å²) in [5, 5.41) is 10.6. The first-order valence-electron chi connectivity index (χ1n) is 7.39. The standard InChI is InChI=1S/C17H22O3/c1-4-17-8-7-16(2,19)14(15(17)18)10-11-9-12(20-3)5-6-13(11)17/h5-6,9,14,19H,4,7-8,10H2,1-3H3/t14-,16?,17+/m1/s1. The molecule has 1 saturated carbocycles. The maximum absolute atomic E-state index is 12.9. The molecule has 0 radical (unpaired) electrons. The van der Waals surface area contributed by atoms with Crippen molar-refractivity contribution in [3.63, 3.8) is 0 Å². The molecule has 2 bridgehead atoms. The van der Waals surface area contributed by atoms with Crippen LogP contribution in [0.3, 0.4) is 0 Å². The van der Waals surface area contributed by atoms with Gasteiger partial charge in [-0.1, -0.05) is 13.0 Å². The Morgan fingerprint density at radius 1 is 1.40 bits per heavy atom. The van der Waals surface area contributed by atoms with Crippen LogP contribution in [0.25, 0.3) is 0 Å². The number of methoxy groups -OCH3 is 1. The van der Waals surface area contributed by atoms with Crippen molar-refractivity contribution in [1.82, 2.24) is 0 Å². The van der Waals surface area contributed by atoms with E-state index in [1.54, 1.807) is 14.0 Å². The molecule has 20 heavy (non-hydrogen) atoms. The molecule has 108 valence electrons. The van der Waals surface area contributed by atoms with Crippen LogP contribution in [0.5, 0.6) is 5.75 Å². The molecule has 0 spiro atoms. The summed E-state index contributed by atoms with van der Waals surface area (Å²) in [7, 11) is 1.66. The third-order valence-electron chi connectivity index (χ3n) is 5.45. The zero-order valence-corrected chi connectivity index (χ0v) is 12.4. The summed E-state index contributed by atoms with van der Waals surface area (Å²) in [4.78, 5) is 12.9. The lowest BCUT2D eigenvalue weighted by Gasteiger charge is -2.50. The molecule has 1 aromatic rings. The predicted molar refractivity (Wildman–Crippen MR) is 77.0 cm³/mol. The topological polar surface area (TPSA) is 46.5 Å². The quantitative estimate of drug-likeness (QED) is 0.901. The van der Waals surface area contributed by atoms with Crippen LogP contribution in [0.1, 0.15) is 44.2 Å². The van der Waals surface area contributed by atoms with Gasteiger partial charge in [-0.15, -0.1) is 0 Å². The normalized spacial score (nSPS) is 35.6. The largest absolute Gasteiger partial charge is 0.497 e. The first-order valence-corrected chi connectivity index (χ1v) is 7.39. The second kappa shape index (κ2) is 4.32. The zero-order chi connectivity index (χ0) is 14.5. The molecule has 3 heteroatoms. The lowest BCUT2D eigenvalue weighted by molar-refractivity contribution is -0.147. The van der Waals surface area contributed by atoms with Crippen LogP contribution in [-0.2, 0) is 16.6 Å². The Morgan fingerprint density at radius 2 is 2.15 bits per heavy atom. The van der Waals surface area contributed by atoms with Gasteiger partial charge in [-0.2, -0.15) is 0 Å². The highest BCUT2D eigenvalue weighted by atomic mass is 16.5. The monoisotopic (exact) mass is 274 g/mol. The molecule has 1 aromatic carbocycles. The molecule has 1 fully saturated rings. The molecule has 3 atom stereocenters. The summed E-state index contributed by atoms with van der Waals surface area (Å²) < 4.78 is 5.30. The van der Waals surface area contributed by atoms with E-state index in [4.69, 9.17) is 4.74 Å². The molecular formula is C17H22O3. The lowest BCUT2D eigenvalue weighted by Crippen LogP contribution is -2.57. The average molecular weight is 274 g/mol. The third-order valence-corrected chi connectivity index (χ3v) is 5.45. The average Bonchev–Trinajstić information content (AvgIpc) is 2.44. The van der Waals surface area contributed by atoms with Crippen molar-refractivity contribution in [3.8, 4) is 5.75 Å². The van der Waals surface area contributed by atoms with Gasteiger partial charge in [0, 0.05) is 0 Å². The molecule has 0 aromatic heterocycles. The maximum Gasteiger partial charge on any atom is 0.149 e. The number of benzene rings is 1. The number of ether oxygens (including phenoxy) is 1. The van der Waals surface area contributed by atoms with Crippen LogP contribution in [-0.4, -0.2) is 23.6 Å². The summed E-state index contributed by atoms with van der Waals surface area (Å²) in [6, 6.07) is 6.02. The molecule has 0 heterocycles. The van der Waals surface area contributed by atoms with Gasteiger partial charge in [-0.3, -0.25) is 4.79 Å². The van der Waals surface area contributed by atoms with Crippen LogP contribution < -0.4 is 4.74 Å². The van der Waals surface area contributed by atoms with Gasteiger partial charge in [-0.05, 0) is 55.9 Å². The summed E-state index contributed by atoms with van der Waals surface area (Å²) in [6.45, 7) is 3.88. The van der Waals surface area contributed by atoms with Crippen molar-refractivity contribution in [2.45, 2.75) is 50.5 Å². The van der Waals surface area contributed by atoms with E-state index in [0.29, 0.717) is 12.8 Å². The van der Waals surface area contributed by atoms with E-state index in [0.717, 1.165) is 29.7 Å². The van der Waals surface area contributed by atoms with E-state index in [1.165, 1.54) is 0 Å². The van der Waals surface area contributed by atoms with Gasteiger partial charge in [0.2, 0.25) is 0 Å². The number of rotatable bonds is 2. The fourth-order valence-corrected chi connectivity index (χ4v) is 4.05. The molecule has 0 saturated heterocycles. The van der Waals surface area contributed by atoms with Gasteiger partial charge < -0.3 is 9.84 Å². The van der Waals surface area contributed by atoms with E-state index in [1.807, 2.05) is 18.2 Å². The second-order valence-electron chi connectivity index (χ2n) is 6.44. The smallest absolute Gasteiger partial charge is 0.149 e. The van der Waals surface area contributed by atoms with Crippen molar-refractivity contribution in [3.05, 3.63) is 29.3 Å². The molecule has 3 nitrogen and oxygen atoms in total. The minimum atomic E-state index is -0.878. The van der Waals surface area contributed by atoms with E-state index in [2.05, 4.69) is 6.92 Å². The SMILES string of the molecule is CC[C@]12CCC(C)(O)[C@H](Cc3cc(OC)ccc31)C2=O. The highest BCUT2D eigenvalue weighted by Gasteiger charge is 2.56. The van der Waals surface area contributed by atoms with Crippen LogP contribution in [0, 0.1) is 5.92 Å². The van der Waals surface area contributed by atoms with Gasteiger partial charge in [0.1, 0.15) is 11.5 Å². The fraction of sp³-hybridized carbons (Fsp3) is 0.588. The molecule has 2 aliphatic rings. The van der Waals surface area contributed by atoms with E-state index >= 15 is 0 Å². The van der Waals surface area contributed by atoms with Crippen molar-refractivity contribution in [1.29, 1.82) is 0 Å². The van der Waals surface area contributed by atoms with Crippen molar-refractivity contribution >= 4 is 5.78 Å². The maximum atomic E-state index is 12.9. The number of Topliss-reactive ketones (excluding diaryl/α,β-unsaturated/α-hetero) is 1. The first-order chi connectivity index (χ1) is 9.44. The predicted octanol–water partition coefficient (Wildman–Crippen LogP) is 2.63. The number of fused-ring (bicyclic) bond motifs is 4. The Kier molecular flexibility index (Phi) is 2.94. The fourth-order valence-electron chi connectivity index (χ4n) is 4.05. The Hall–Kier alpha value is -1.35. The number of aliphatic hydroxyl groups is 1. The van der Waals surface area contributed by atoms with Crippen LogP contribution in [0.4, 0.5) is 0 Å². The first kappa shape index (κ1) is 13.6. The van der Waals surface area contributed by atoms with Crippen LogP contribution in [0.2, 0.25) is 0 Å². The number of ketones is 1. The summed E-state index contributed by atoms with van der Waals surface area (Å²) in [5.74, 6) is 0.770. The van der Waals surface area contributed by atoms with Gasteiger partial charge in [-0.25, -0.2) is 0 Å². The highest BCUT2D eigenvalue weighted by Crippen LogP contribution is 2.51. The zero-order valence-electron chi connectivity index (χ0n) is 12.4.